The van der Waals surface area contributed by atoms with Crippen molar-refractivity contribution in [1.29, 1.82) is 0 Å². The number of rotatable bonds is 5. The van der Waals surface area contributed by atoms with Gasteiger partial charge in [0.25, 0.3) is 0 Å². The first-order valence-corrected chi connectivity index (χ1v) is 5.15. The lowest BCUT2D eigenvalue weighted by Crippen LogP contribution is -2.13. The molecule has 0 radical (unpaired) electrons. The molecule has 1 aromatic rings. The predicted molar refractivity (Wildman–Crippen MR) is 57.0 cm³/mol. The molecule has 0 aliphatic carbocycles. The van der Waals surface area contributed by atoms with E-state index in [9.17, 15) is 4.79 Å². The maximum atomic E-state index is 11.7. The van der Waals surface area contributed by atoms with Gasteiger partial charge < -0.3 is 0 Å². The molecule has 0 N–H and O–H groups in total. The Balaban J connectivity index is 2.49. The summed E-state index contributed by atoms with van der Waals surface area (Å²) in [4.78, 5) is 15.6. The summed E-state index contributed by atoms with van der Waals surface area (Å²) in [5.41, 5.74) is 1.06. The van der Waals surface area contributed by atoms with Crippen molar-refractivity contribution in [2.75, 3.05) is 0 Å². The van der Waals surface area contributed by atoms with Crippen molar-refractivity contribution < 1.29 is 4.79 Å². The Morgan fingerprint density at radius 1 is 1.43 bits per heavy atom. The number of nitrogens with zero attached hydrogens (tertiary/aromatic N) is 1. The molecule has 1 aromatic heterocycles. The van der Waals surface area contributed by atoms with Gasteiger partial charge in [0.2, 0.25) is 0 Å². The monoisotopic (exact) mass is 191 g/mol. The Hall–Kier alpha value is -1.18. The van der Waals surface area contributed by atoms with Crippen LogP contribution in [0.3, 0.4) is 0 Å². The number of aromatic nitrogens is 1. The van der Waals surface area contributed by atoms with Crippen molar-refractivity contribution in [2.24, 2.45) is 5.92 Å². The van der Waals surface area contributed by atoms with Gasteiger partial charge in [0.1, 0.15) is 5.78 Å². The molecule has 2 nitrogen and oxygen atoms in total. The highest BCUT2D eigenvalue weighted by molar-refractivity contribution is 5.82. The fourth-order valence-electron chi connectivity index (χ4n) is 1.47. The minimum atomic E-state index is 0.188. The van der Waals surface area contributed by atoms with E-state index >= 15 is 0 Å². The van der Waals surface area contributed by atoms with E-state index < -0.39 is 0 Å². The van der Waals surface area contributed by atoms with Crippen LogP contribution >= 0.6 is 0 Å². The average Bonchev–Trinajstić information content (AvgIpc) is 2.19. The van der Waals surface area contributed by atoms with Gasteiger partial charge in [-0.15, -0.1) is 0 Å². The summed E-state index contributed by atoms with van der Waals surface area (Å²) < 4.78 is 0. The molecule has 0 saturated carbocycles. The van der Waals surface area contributed by atoms with Crippen LogP contribution in [-0.4, -0.2) is 10.8 Å². The van der Waals surface area contributed by atoms with Crippen molar-refractivity contribution >= 4 is 5.78 Å². The first-order valence-electron chi connectivity index (χ1n) is 5.15. The Bertz CT molecular complexity index is 282. The van der Waals surface area contributed by atoms with Gasteiger partial charge in [-0.1, -0.05) is 20.3 Å². The number of Topliss-reactive ketones (excluding diaryl/α,β-unsaturated/α-hetero) is 1. The van der Waals surface area contributed by atoms with Gasteiger partial charge in [0.15, 0.2) is 0 Å². The number of ketones is 1. The van der Waals surface area contributed by atoms with Gasteiger partial charge in [-0.25, -0.2) is 0 Å². The number of pyridine rings is 1. The van der Waals surface area contributed by atoms with Gasteiger partial charge in [-0.2, -0.15) is 0 Å². The second kappa shape index (κ2) is 5.53. The van der Waals surface area contributed by atoms with E-state index in [2.05, 4.69) is 11.9 Å². The van der Waals surface area contributed by atoms with Crippen LogP contribution < -0.4 is 0 Å². The molecule has 1 rings (SSSR count). The molecule has 14 heavy (non-hydrogen) atoms. The van der Waals surface area contributed by atoms with Crippen LogP contribution in [0.5, 0.6) is 0 Å². The zero-order valence-corrected chi connectivity index (χ0v) is 8.86. The molecule has 0 fully saturated rings. The number of carbonyl (C=O) groups is 1. The van der Waals surface area contributed by atoms with E-state index in [0.717, 1.165) is 18.4 Å². The van der Waals surface area contributed by atoms with Crippen molar-refractivity contribution in [2.45, 2.75) is 33.1 Å². The SMILES string of the molecule is CCCC(C)C(=O)Cc1ccncc1. The zero-order valence-electron chi connectivity index (χ0n) is 8.86. The molecule has 1 atom stereocenters. The van der Waals surface area contributed by atoms with Gasteiger partial charge in [-0.05, 0) is 24.1 Å². The molecule has 1 unspecified atom stereocenters. The summed E-state index contributed by atoms with van der Waals surface area (Å²) in [6.07, 6.45) is 6.07. The summed E-state index contributed by atoms with van der Waals surface area (Å²) in [6, 6.07) is 3.80. The van der Waals surface area contributed by atoms with Gasteiger partial charge >= 0.3 is 0 Å². The minimum Gasteiger partial charge on any atom is -0.299 e. The first kappa shape index (κ1) is 10.9. The highest BCUT2D eigenvalue weighted by atomic mass is 16.1. The third kappa shape index (κ3) is 3.29. The summed E-state index contributed by atoms with van der Waals surface area (Å²) >= 11 is 0. The minimum absolute atomic E-state index is 0.188. The Morgan fingerprint density at radius 2 is 2.07 bits per heavy atom. The van der Waals surface area contributed by atoms with Crippen molar-refractivity contribution in [1.82, 2.24) is 4.98 Å². The zero-order chi connectivity index (χ0) is 10.4. The van der Waals surface area contributed by atoms with Crippen LogP contribution in [0, 0.1) is 5.92 Å². The summed E-state index contributed by atoms with van der Waals surface area (Å²) in [6.45, 7) is 4.11. The maximum absolute atomic E-state index is 11.7. The normalized spacial score (nSPS) is 12.4. The molecule has 0 saturated heterocycles. The van der Waals surface area contributed by atoms with Crippen LogP contribution in [0.15, 0.2) is 24.5 Å². The highest BCUT2D eigenvalue weighted by Gasteiger charge is 2.11. The van der Waals surface area contributed by atoms with E-state index in [1.54, 1.807) is 12.4 Å². The lowest BCUT2D eigenvalue weighted by atomic mass is 9.96. The predicted octanol–water partition coefficient (Wildman–Crippen LogP) is 2.63. The third-order valence-electron chi connectivity index (χ3n) is 2.40. The fourth-order valence-corrected chi connectivity index (χ4v) is 1.47. The van der Waals surface area contributed by atoms with Gasteiger partial charge in [-0.3, -0.25) is 9.78 Å². The Labute approximate surface area is 85.4 Å². The van der Waals surface area contributed by atoms with E-state index in [4.69, 9.17) is 0 Å². The molecule has 0 spiro atoms. The number of carbonyl (C=O) groups excluding carboxylic acids is 1. The van der Waals surface area contributed by atoms with Crippen LogP contribution in [0.4, 0.5) is 0 Å². The van der Waals surface area contributed by atoms with Crippen LogP contribution in [0.1, 0.15) is 32.3 Å². The lowest BCUT2D eigenvalue weighted by Gasteiger charge is -2.08. The molecule has 0 aliphatic rings. The van der Waals surface area contributed by atoms with E-state index in [0.29, 0.717) is 12.2 Å². The third-order valence-corrected chi connectivity index (χ3v) is 2.40. The van der Waals surface area contributed by atoms with Crippen LogP contribution in [-0.2, 0) is 11.2 Å². The highest BCUT2D eigenvalue weighted by Crippen LogP contribution is 2.10. The second-order valence-corrected chi connectivity index (χ2v) is 3.69. The van der Waals surface area contributed by atoms with E-state index in [1.165, 1.54) is 0 Å². The molecular weight excluding hydrogens is 174 g/mol. The molecule has 0 amide bonds. The number of hydrogen-bond donors (Lipinski definition) is 0. The van der Waals surface area contributed by atoms with Gasteiger partial charge in [0.05, 0.1) is 0 Å². The smallest absolute Gasteiger partial charge is 0.140 e. The maximum Gasteiger partial charge on any atom is 0.140 e. The summed E-state index contributed by atoms with van der Waals surface area (Å²) in [5.74, 6) is 0.520. The van der Waals surface area contributed by atoms with Crippen LogP contribution in [0.2, 0.25) is 0 Å². The van der Waals surface area contributed by atoms with E-state index in [-0.39, 0.29) is 5.92 Å². The molecular formula is C12H17NO. The lowest BCUT2D eigenvalue weighted by molar-refractivity contribution is -0.121. The molecule has 2 heteroatoms. The Kier molecular flexibility index (Phi) is 4.30. The molecule has 1 heterocycles. The quantitative estimate of drug-likeness (QED) is 0.716. The Morgan fingerprint density at radius 3 is 2.64 bits per heavy atom. The molecule has 0 aliphatic heterocycles. The van der Waals surface area contributed by atoms with Crippen LogP contribution in [0.25, 0.3) is 0 Å². The summed E-state index contributed by atoms with van der Waals surface area (Å²) in [5, 5.41) is 0. The second-order valence-electron chi connectivity index (χ2n) is 3.69. The standard InChI is InChI=1S/C12H17NO/c1-3-4-10(2)12(14)9-11-5-7-13-8-6-11/h5-8,10H,3-4,9H2,1-2H3. The molecule has 0 aromatic carbocycles. The number of hydrogen-bond acceptors (Lipinski definition) is 2. The largest absolute Gasteiger partial charge is 0.299 e. The average molecular weight is 191 g/mol. The fraction of sp³-hybridized carbons (Fsp3) is 0.500. The van der Waals surface area contributed by atoms with Gasteiger partial charge in [0, 0.05) is 24.7 Å². The van der Waals surface area contributed by atoms with Crippen molar-refractivity contribution in [3.8, 4) is 0 Å². The first-order chi connectivity index (χ1) is 6.74. The summed E-state index contributed by atoms with van der Waals surface area (Å²) in [7, 11) is 0. The topological polar surface area (TPSA) is 30.0 Å². The molecule has 76 valence electrons. The van der Waals surface area contributed by atoms with E-state index in [1.807, 2.05) is 19.1 Å². The van der Waals surface area contributed by atoms with Crippen molar-refractivity contribution in [3.63, 3.8) is 0 Å². The molecule has 0 bridgehead atoms. The van der Waals surface area contributed by atoms with Crippen molar-refractivity contribution in [3.05, 3.63) is 30.1 Å².